The molecule has 1 unspecified atom stereocenters. The molecule has 1 saturated heterocycles. The molecule has 1 N–H and O–H groups in total. The Hall–Kier alpha value is -1.20. The number of ether oxygens (including phenoxy) is 1. The van der Waals surface area contributed by atoms with Crippen molar-refractivity contribution >= 4 is 5.69 Å². The minimum Gasteiger partial charge on any atom is -0.392 e. The van der Waals surface area contributed by atoms with Crippen molar-refractivity contribution < 1.29 is 18.6 Å². The van der Waals surface area contributed by atoms with Crippen LogP contribution in [0, 0.1) is 11.6 Å². The maximum absolute atomic E-state index is 14.0. The van der Waals surface area contributed by atoms with E-state index >= 15 is 0 Å². The topological polar surface area (TPSA) is 32.7 Å². The molecule has 0 bridgehead atoms. The molecule has 1 aliphatic heterocycles. The van der Waals surface area contributed by atoms with E-state index in [0.29, 0.717) is 19.8 Å². The third kappa shape index (κ3) is 2.47. The number of rotatable bonds is 3. The lowest BCUT2D eigenvalue weighted by Crippen LogP contribution is -2.46. The van der Waals surface area contributed by atoms with Crippen molar-refractivity contribution in [2.45, 2.75) is 26.0 Å². The van der Waals surface area contributed by atoms with Crippen LogP contribution in [0.5, 0.6) is 0 Å². The predicted octanol–water partition coefficient (Wildman–Crippen LogP) is 2.07. The molecule has 0 saturated carbocycles. The number of morpholine rings is 1. The molecule has 2 rings (SSSR count). The predicted molar refractivity (Wildman–Crippen MR) is 64.5 cm³/mol. The van der Waals surface area contributed by atoms with E-state index in [0.717, 1.165) is 6.42 Å². The van der Waals surface area contributed by atoms with Crippen molar-refractivity contribution in [2.24, 2.45) is 0 Å². The van der Waals surface area contributed by atoms with Crippen molar-refractivity contribution in [3.63, 3.8) is 0 Å². The highest BCUT2D eigenvalue weighted by molar-refractivity contribution is 5.52. The minimum absolute atomic E-state index is 0.0114. The van der Waals surface area contributed by atoms with Crippen LogP contribution >= 0.6 is 0 Å². The van der Waals surface area contributed by atoms with Gasteiger partial charge >= 0.3 is 0 Å². The van der Waals surface area contributed by atoms with Crippen molar-refractivity contribution in [1.82, 2.24) is 0 Å². The zero-order valence-electron chi connectivity index (χ0n) is 10.3. The van der Waals surface area contributed by atoms with E-state index in [1.54, 1.807) is 4.90 Å². The van der Waals surface area contributed by atoms with Gasteiger partial charge < -0.3 is 14.7 Å². The van der Waals surface area contributed by atoms with Crippen molar-refractivity contribution in [2.75, 3.05) is 24.7 Å². The lowest BCUT2D eigenvalue weighted by Gasteiger charge is -2.37. The van der Waals surface area contributed by atoms with Crippen LogP contribution < -0.4 is 4.90 Å². The molecular formula is C13H17F2NO2. The molecule has 0 amide bonds. The Balaban J connectivity index is 2.37. The average molecular weight is 257 g/mol. The highest BCUT2D eigenvalue weighted by Gasteiger charge is 2.26. The molecule has 1 aromatic rings. The number of aliphatic hydroxyl groups excluding tert-OH is 1. The van der Waals surface area contributed by atoms with Gasteiger partial charge in [-0.3, -0.25) is 0 Å². The van der Waals surface area contributed by atoms with Crippen LogP contribution in [-0.4, -0.2) is 30.9 Å². The van der Waals surface area contributed by atoms with Gasteiger partial charge in [0, 0.05) is 6.54 Å². The highest BCUT2D eigenvalue weighted by Crippen LogP contribution is 2.28. The van der Waals surface area contributed by atoms with Crippen LogP contribution in [0.4, 0.5) is 14.5 Å². The van der Waals surface area contributed by atoms with Crippen LogP contribution in [0.2, 0.25) is 0 Å². The molecule has 0 spiro atoms. The zero-order valence-corrected chi connectivity index (χ0v) is 10.3. The summed E-state index contributed by atoms with van der Waals surface area (Å²) in [6.45, 7) is 3.03. The lowest BCUT2D eigenvalue weighted by atomic mass is 10.1. The van der Waals surface area contributed by atoms with E-state index in [9.17, 15) is 8.78 Å². The Morgan fingerprint density at radius 3 is 2.61 bits per heavy atom. The Kier molecular flexibility index (Phi) is 4.14. The van der Waals surface area contributed by atoms with Crippen molar-refractivity contribution in [3.8, 4) is 0 Å². The van der Waals surface area contributed by atoms with E-state index in [1.165, 1.54) is 12.1 Å². The number of benzene rings is 1. The van der Waals surface area contributed by atoms with Crippen LogP contribution in [0.1, 0.15) is 18.9 Å². The van der Waals surface area contributed by atoms with Crippen LogP contribution in [0.25, 0.3) is 0 Å². The lowest BCUT2D eigenvalue weighted by molar-refractivity contribution is 0.0922. The standard InChI is InChI=1S/C13H17F2NO2/c1-2-10-8-18-4-3-16(10)13-11(14)5-9(7-17)6-12(13)15/h5-6,10,17H,2-4,7-8H2,1H3. The monoisotopic (exact) mass is 257 g/mol. The van der Waals surface area contributed by atoms with Gasteiger partial charge in [-0.1, -0.05) is 6.92 Å². The van der Waals surface area contributed by atoms with Crippen LogP contribution in [0.3, 0.4) is 0 Å². The van der Waals surface area contributed by atoms with Gasteiger partial charge in [0.2, 0.25) is 0 Å². The summed E-state index contributed by atoms with van der Waals surface area (Å²) < 4.78 is 33.2. The summed E-state index contributed by atoms with van der Waals surface area (Å²) in [5.74, 6) is -1.25. The average Bonchev–Trinajstić information content (AvgIpc) is 2.38. The second kappa shape index (κ2) is 5.63. The summed E-state index contributed by atoms with van der Waals surface area (Å²) in [5, 5.41) is 8.92. The molecular weight excluding hydrogens is 240 g/mol. The second-order valence-corrected chi connectivity index (χ2v) is 4.40. The van der Waals surface area contributed by atoms with Gasteiger partial charge in [0.1, 0.15) is 17.3 Å². The number of aliphatic hydroxyl groups is 1. The van der Waals surface area contributed by atoms with E-state index in [-0.39, 0.29) is 23.9 Å². The van der Waals surface area contributed by atoms with Gasteiger partial charge in [-0.15, -0.1) is 0 Å². The molecule has 18 heavy (non-hydrogen) atoms. The van der Waals surface area contributed by atoms with Crippen molar-refractivity contribution in [1.29, 1.82) is 0 Å². The molecule has 0 aromatic heterocycles. The Morgan fingerprint density at radius 2 is 2.06 bits per heavy atom. The summed E-state index contributed by atoms with van der Waals surface area (Å²) >= 11 is 0. The summed E-state index contributed by atoms with van der Waals surface area (Å²) in [5.41, 5.74) is 0.234. The van der Waals surface area contributed by atoms with Gasteiger partial charge in [-0.05, 0) is 24.1 Å². The highest BCUT2D eigenvalue weighted by atomic mass is 19.1. The van der Waals surface area contributed by atoms with E-state index < -0.39 is 11.6 Å². The molecule has 3 nitrogen and oxygen atoms in total. The third-order valence-electron chi connectivity index (χ3n) is 3.25. The van der Waals surface area contributed by atoms with E-state index in [1.807, 2.05) is 6.92 Å². The van der Waals surface area contributed by atoms with Gasteiger partial charge in [-0.25, -0.2) is 8.78 Å². The molecule has 0 radical (unpaired) electrons. The Bertz CT molecular complexity index is 402. The molecule has 1 aliphatic rings. The number of nitrogens with zero attached hydrogens (tertiary/aromatic N) is 1. The molecule has 100 valence electrons. The Labute approximate surface area is 105 Å². The molecule has 5 heteroatoms. The largest absolute Gasteiger partial charge is 0.392 e. The zero-order chi connectivity index (χ0) is 13.1. The summed E-state index contributed by atoms with van der Waals surface area (Å²) in [6, 6.07) is 2.35. The van der Waals surface area contributed by atoms with Crippen molar-refractivity contribution in [3.05, 3.63) is 29.3 Å². The fourth-order valence-electron chi connectivity index (χ4n) is 2.27. The minimum atomic E-state index is -0.626. The Morgan fingerprint density at radius 1 is 1.39 bits per heavy atom. The summed E-state index contributed by atoms with van der Waals surface area (Å²) in [6.07, 6.45) is 0.765. The molecule has 1 fully saturated rings. The molecule has 0 aliphatic carbocycles. The third-order valence-corrected chi connectivity index (χ3v) is 3.25. The van der Waals surface area contributed by atoms with Crippen LogP contribution in [-0.2, 0) is 11.3 Å². The first-order chi connectivity index (χ1) is 8.67. The quantitative estimate of drug-likeness (QED) is 0.899. The number of anilines is 1. The smallest absolute Gasteiger partial charge is 0.149 e. The van der Waals surface area contributed by atoms with E-state index in [2.05, 4.69) is 0 Å². The number of hydrogen-bond donors (Lipinski definition) is 1. The SMILES string of the molecule is CCC1COCCN1c1c(F)cc(CO)cc1F. The number of hydrogen-bond acceptors (Lipinski definition) is 3. The van der Waals surface area contributed by atoms with Gasteiger partial charge in [-0.2, -0.15) is 0 Å². The molecule has 1 atom stereocenters. The van der Waals surface area contributed by atoms with Gasteiger partial charge in [0.05, 0.1) is 25.9 Å². The van der Waals surface area contributed by atoms with Gasteiger partial charge in [0.25, 0.3) is 0 Å². The second-order valence-electron chi connectivity index (χ2n) is 4.40. The fraction of sp³-hybridized carbons (Fsp3) is 0.538. The summed E-state index contributed by atoms with van der Waals surface area (Å²) in [7, 11) is 0. The van der Waals surface area contributed by atoms with Gasteiger partial charge in [0.15, 0.2) is 0 Å². The first-order valence-corrected chi connectivity index (χ1v) is 6.10. The fourth-order valence-corrected chi connectivity index (χ4v) is 2.27. The normalized spacial score (nSPS) is 20.2. The van der Waals surface area contributed by atoms with Crippen LogP contribution in [0.15, 0.2) is 12.1 Å². The number of halogens is 2. The first kappa shape index (κ1) is 13.2. The molecule has 1 heterocycles. The first-order valence-electron chi connectivity index (χ1n) is 6.10. The maximum atomic E-state index is 14.0. The maximum Gasteiger partial charge on any atom is 0.149 e. The summed E-state index contributed by atoms with van der Waals surface area (Å²) in [4.78, 5) is 1.72. The van der Waals surface area contributed by atoms with E-state index in [4.69, 9.17) is 9.84 Å². The molecule has 1 aromatic carbocycles.